The summed E-state index contributed by atoms with van der Waals surface area (Å²) in [7, 11) is 0. The Morgan fingerprint density at radius 2 is 1.65 bits per heavy atom. The Morgan fingerprint density at radius 3 is 2.06 bits per heavy atom. The fraction of sp³-hybridized carbons (Fsp3) is 0.909. The van der Waals surface area contributed by atoms with Crippen LogP contribution in [-0.4, -0.2) is 36.1 Å². The molecule has 1 aliphatic heterocycles. The molecule has 1 saturated heterocycles. The molecule has 0 radical (unpaired) electrons. The summed E-state index contributed by atoms with van der Waals surface area (Å²) in [5.41, 5.74) is 5.57. The van der Waals surface area contributed by atoms with Crippen molar-refractivity contribution in [3.05, 3.63) is 0 Å². The first-order valence-corrected chi connectivity index (χ1v) is 5.99. The van der Waals surface area contributed by atoms with Gasteiger partial charge in [-0.1, -0.05) is 0 Å². The van der Waals surface area contributed by atoms with Crippen molar-refractivity contribution in [3.8, 4) is 0 Å². The summed E-state index contributed by atoms with van der Waals surface area (Å²) in [4.78, 5) is 13.5. The summed E-state index contributed by atoms with van der Waals surface area (Å²) in [6.07, 6.45) is -3.23. The van der Waals surface area contributed by atoms with Gasteiger partial charge < -0.3 is 10.6 Å². The Morgan fingerprint density at radius 1 is 1.12 bits per heavy atom. The molecule has 0 spiro atoms. The van der Waals surface area contributed by atoms with Crippen LogP contribution in [0, 0.1) is 11.8 Å². The zero-order valence-electron chi connectivity index (χ0n) is 9.54. The van der Waals surface area contributed by atoms with E-state index in [9.17, 15) is 18.0 Å². The van der Waals surface area contributed by atoms with Crippen molar-refractivity contribution in [1.29, 1.82) is 0 Å². The second-order valence-corrected chi connectivity index (χ2v) is 5.09. The maximum atomic E-state index is 12.4. The SMILES string of the molecule is NC1CN(C(=O)C2CCC(C(F)(F)F)CC2)C1. The van der Waals surface area contributed by atoms with Crippen LogP contribution >= 0.6 is 0 Å². The quantitative estimate of drug-likeness (QED) is 0.767. The Balaban J connectivity index is 1.81. The summed E-state index contributed by atoms with van der Waals surface area (Å²) >= 11 is 0. The number of hydrogen-bond acceptors (Lipinski definition) is 2. The summed E-state index contributed by atoms with van der Waals surface area (Å²) in [5.74, 6) is -1.45. The molecule has 98 valence electrons. The van der Waals surface area contributed by atoms with Gasteiger partial charge in [-0.15, -0.1) is 0 Å². The topological polar surface area (TPSA) is 46.3 Å². The molecule has 2 fully saturated rings. The average Bonchev–Trinajstić information content (AvgIpc) is 2.23. The fourth-order valence-electron chi connectivity index (χ4n) is 2.62. The van der Waals surface area contributed by atoms with E-state index in [1.807, 2.05) is 0 Å². The Bertz CT molecular complexity index is 292. The molecule has 0 aromatic heterocycles. The highest BCUT2D eigenvalue weighted by atomic mass is 19.4. The first kappa shape index (κ1) is 12.7. The van der Waals surface area contributed by atoms with E-state index in [1.54, 1.807) is 4.90 Å². The van der Waals surface area contributed by atoms with E-state index < -0.39 is 12.1 Å². The van der Waals surface area contributed by atoms with Crippen molar-refractivity contribution < 1.29 is 18.0 Å². The summed E-state index contributed by atoms with van der Waals surface area (Å²) < 4.78 is 37.3. The van der Waals surface area contributed by atoms with Gasteiger partial charge in [-0.3, -0.25) is 4.79 Å². The van der Waals surface area contributed by atoms with Crippen LogP contribution in [0.4, 0.5) is 13.2 Å². The number of carbonyl (C=O) groups excluding carboxylic acids is 1. The van der Waals surface area contributed by atoms with Crippen LogP contribution in [0.5, 0.6) is 0 Å². The lowest BCUT2D eigenvalue weighted by Crippen LogP contribution is -2.59. The van der Waals surface area contributed by atoms with Crippen LogP contribution in [0.2, 0.25) is 0 Å². The minimum Gasteiger partial charge on any atom is -0.339 e. The van der Waals surface area contributed by atoms with Gasteiger partial charge in [-0.05, 0) is 25.7 Å². The van der Waals surface area contributed by atoms with Crippen molar-refractivity contribution in [2.75, 3.05) is 13.1 Å². The van der Waals surface area contributed by atoms with E-state index in [1.165, 1.54) is 0 Å². The van der Waals surface area contributed by atoms with E-state index in [2.05, 4.69) is 0 Å². The molecular formula is C11H17F3N2O. The zero-order chi connectivity index (χ0) is 12.6. The minimum atomic E-state index is -4.10. The van der Waals surface area contributed by atoms with Gasteiger partial charge in [0, 0.05) is 25.0 Å². The number of carbonyl (C=O) groups is 1. The van der Waals surface area contributed by atoms with E-state index in [0.717, 1.165) is 0 Å². The largest absolute Gasteiger partial charge is 0.391 e. The molecule has 0 aromatic carbocycles. The van der Waals surface area contributed by atoms with Gasteiger partial charge in [0.05, 0.1) is 5.92 Å². The molecule has 6 heteroatoms. The first-order chi connectivity index (χ1) is 7.88. The van der Waals surface area contributed by atoms with Crippen LogP contribution in [0.25, 0.3) is 0 Å². The monoisotopic (exact) mass is 250 g/mol. The van der Waals surface area contributed by atoms with E-state index in [4.69, 9.17) is 5.73 Å². The number of likely N-dealkylation sites (tertiary alicyclic amines) is 1. The average molecular weight is 250 g/mol. The van der Waals surface area contributed by atoms with Gasteiger partial charge >= 0.3 is 6.18 Å². The van der Waals surface area contributed by atoms with Crippen LogP contribution in [0.15, 0.2) is 0 Å². The molecule has 0 unspecified atom stereocenters. The van der Waals surface area contributed by atoms with Crippen molar-refractivity contribution >= 4 is 5.91 Å². The second-order valence-electron chi connectivity index (χ2n) is 5.09. The Hall–Kier alpha value is -0.780. The molecule has 2 rings (SSSR count). The van der Waals surface area contributed by atoms with Crippen molar-refractivity contribution in [1.82, 2.24) is 4.90 Å². The summed E-state index contributed by atoms with van der Waals surface area (Å²) in [6.45, 7) is 1.11. The molecule has 0 bridgehead atoms. The number of nitrogens with two attached hydrogens (primary N) is 1. The van der Waals surface area contributed by atoms with Crippen molar-refractivity contribution in [2.24, 2.45) is 17.6 Å². The van der Waals surface area contributed by atoms with Crippen LogP contribution < -0.4 is 5.73 Å². The highest BCUT2D eigenvalue weighted by Gasteiger charge is 2.43. The number of nitrogens with zero attached hydrogens (tertiary/aromatic N) is 1. The third-order valence-corrected chi connectivity index (χ3v) is 3.76. The lowest BCUT2D eigenvalue weighted by Gasteiger charge is -2.40. The maximum Gasteiger partial charge on any atom is 0.391 e. The smallest absolute Gasteiger partial charge is 0.339 e. The Kier molecular flexibility index (Phi) is 3.34. The number of hydrogen-bond donors (Lipinski definition) is 1. The molecule has 0 aromatic rings. The molecule has 0 atom stereocenters. The van der Waals surface area contributed by atoms with Gasteiger partial charge in [0.15, 0.2) is 0 Å². The third kappa shape index (κ3) is 2.73. The molecule has 1 aliphatic carbocycles. The summed E-state index contributed by atoms with van der Waals surface area (Å²) in [6, 6.07) is 0.0467. The molecule has 1 heterocycles. The lowest BCUT2D eigenvalue weighted by molar-refractivity contribution is -0.185. The number of amides is 1. The van der Waals surface area contributed by atoms with Gasteiger partial charge in [0.2, 0.25) is 5.91 Å². The van der Waals surface area contributed by atoms with Crippen molar-refractivity contribution in [3.63, 3.8) is 0 Å². The van der Waals surface area contributed by atoms with Crippen molar-refractivity contribution in [2.45, 2.75) is 37.9 Å². The number of halogens is 3. The van der Waals surface area contributed by atoms with E-state index in [0.29, 0.717) is 25.9 Å². The van der Waals surface area contributed by atoms with Crippen LogP contribution in [0.3, 0.4) is 0 Å². The maximum absolute atomic E-state index is 12.4. The van der Waals surface area contributed by atoms with Crippen LogP contribution in [0.1, 0.15) is 25.7 Å². The molecule has 1 saturated carbocycles. The highest BCUT2D eigenvalue weighted by Crippen LogP contribution is 2.40. The molecule has 3 nitrogen and oxygen atoms in total. The molecule has 1 amide bonds. The van der Waals surface area contributed by atoms with Gasteiger partial charge in [-0.2, -0.15) is 13.2 Å². The predicted octanol–water partition coefficient (Wildman–Crippen LogP) is 1.52. The van der Waals surface area contributed by atoms with Crippen LogP contribution in [-0.2, 0) is 4.79 Å². The normalized spacial score (nSPS) is 31.2. The fourth-order valence-corrected chi connectivity index (χ4v) is 2.62. The summed E-state index contributed by atoms with van der Waals surface area (Å²) in [5, 5.41) is 0. The molecule has 17 heavy (non-hydrogen) atoms. The third-order valence-electron chi connectivity index (χ3n) is 3.76. The lowest BCUT2D eigenvalue weighted by atomic mass is 9.80. The van der Waals surface area contributed by atoms with Gasteiger partial charge in [0.1, 0.15) is 0 Å². The molecule has 2 aliphatic rings. The van der Waals surface area contributed by atoms with E-state index >= 15 is 0 Å². The minimum absolute atomic E-state index is 0.00711. The van der Waals surface area contributed by atoms with Gasteiger partial charge in [0.25, 0.3) is 0 Å². The molecule has 2 N–H and O–H groups in total. The Labute approximate surface area is 98.1 Å². The van der Waals surface area contributed by atoms with E-state index in [-0.39, 0.29) is 30.7 Å². The highest BCUT2D eigenvalue weighted by molar-refractivity contribution is 5.79. The first-order valence-electron chi connectivity index (χ1n) is 5.99. The number of rotatable bonds is 1. The standard InChI is InChI=1S/C11H17F3N2O/c12-11(13,14)8-3-1-7(2-4-8)10(17)16-5-9(15)6-16/h7-9H,1-6,15H2. The number of alkyl halides is 3. The van der Waals surface area contributed by atoms with Gasteiger partial charge in [-0.25, -0.2) is 0 Å². The molecular weight excluding hydrogens is 233 g/mol. The zero-order valence-corrected chi connectivity index (χ0v) is 9.54. The second kappa shape index (κ2) is 4.48. The predicted molar refractivity (Wildman–Crippen MR) is 56.1 cm³/mol.